The molecule has 1 heterocycles. The summed E-state index contributed by atoms with van der Waals surface area (Å²) < 4.78 is 63.8. The van der Waals surface area contributed by atoms with Crippen molar-refractivity contribution >= 4 is 27.7 Å². The standard InChI is InChI=1S/C21H24F3N3O3S/c1-13(2)20-16(6-9-18(26-20)21(22,23)24)7-10-19(28)25-12-15-5-8-17(14(3)11-15)27-31(4,29)30/h5-11,13,27H,12H2,1-4H3,(H,25,28)/b10-7-. The minimum Gasteiger partial charge on any atom is -0.348 e. The van der Waals surface area contributed by atoms with Crippen molar-refractivity contribution in [1.29, 1.82) is 0 Å². The first-order valence-corrected chi connectivity index (χ1v) is 11.3. The number of aryl methyl sites for hydroxylation is 1. The maximum Gasteiger partial charge on any atom is 0.433 e. The Morgan fingerprint density at radius 1 is 1.19 bits per heavy atom. The van der Waals surface area contributed by atoms with Crippen LogP contribution in [0.25, 0.3) is 6.08 Å². The van der Waals surface area contributed by atoms with Crippen LogP contribution < -0.4 is 10.0 Å². The smallest absolute Gasteiger partial charge is 0.348 e. The summed E-state index contributed by atoms with van der Waals surface area (Å²) in [6.07, 6.45) is -0.803. The van der Waals surface area contributed by atoms with E-state index in [9.17, 15) is 26.4 Å². The maximum atomic E-state index is 12.9. The number of nitrogens with zero attached hydrogens (tertiary/aromatic N) is 1. The Bertz CT molecular complexity index is 1090. The molecule has 31 heavy (non-hydrogen) atoms. The average Bonchev–Trinajstić information content (AvgIpc) is 2.64. The molecule has 1 aromatic carbocycles. The normalized spacial score (nSPS) is 12.4. The second-order valence-electron chi connectivity index (χ2n) is 7.40. The molecule has 0 unspecified atom stereocenters. The van der Waals surface area contributed by atoms with Crippen LogP contribution in [0.3, 0.4) is 0 Å². The number of halogens is 3. The molecule has 1 aromatic heterocycles. The van der Waals surface area contributed by atoms with Crippen molar-refractivity contribution in [2.45, 2.75) is 39.4 Å². The molecule has 0 spiro atoms. The van der Waals surface area contributed by atoms with Crippen molar-refractivity contribution in [3.63, 3.8) is 0 Å². The molecule has 0 aliphatic heterocycles. The third-order valence-electron chi connectivity index (χ3n) is 4.26. The maximum absolute atomic E-state index is 12.9. The molecule has 0 aliphatic carbocycles. The van der Waals surface area contributed by atoms with Gasteiger partial charge in [0.05, 0.1) is 17.6 Å². The van der Waals surface area contributed by atoms with Crippen molar-refractivity contribution in [2.24, 2.45) is 0 Å². The summed E-state index contributed by atoms with van der Waals surface area (Å²) >= 11 is 0. The summed E-state index contributed by atoms with van der Waals surface area (Å²) in [6.45, 7) is 5.39. The minimum atomic E-state index is -4.53. The van der Waals surface area contributed by atoms with Crippen LogP contribution in [0.2, 0.25) is 0 Å². The number of benzene rings is 1. The number of carbonyl (C=O) groups is 1. The van der Waals surface area contributed by atoms with Gasteiger partial charge in [0.15, 0.2) is 0 Å². The zero-order valence-corrected chi connectivity index (χ0v) is 18.4. The summed E-state index contributed by atoms with van der Waals surface area (Å²) in [5, 5.41) is 2.68. The van der Waals surface area contributed by atoms with E-state index in [2.05, 4.69) is 15.0 Å². The fourth-order valence-corrected chi connectivity index (χ4v) is 3.44. The lowest BCUT2D eigenvalue weighted by atomic mass is 10.0. The summed E-state index contributed by atoms with van der Waals surface area (Å²) in [6, 6.07) is 7.22. The van der Waals surface area contributed by atoms with E-state index in [-0.39, 0.29) is 18.2 Å². The molecule has 0 bridgehead atoms. The Balaban J connectivity index is 2.07. The van der Waals surface area contributed by atoms with Crippen molar-refractivity contribution in [3.8, 4) is 0 Å². The lowest BCUT2D eigenvalue weighted by molar-refractivity contribution is -0.141. The first-order valence-electron chi connectivity index (χ1n) is 9.37. The van der Waals surface area contributed by atoms with Crippen LogP contribution in [-0.4, -0.2) is 25.6 Å². The number of carbonyl (C=O) groups excluding carboxylic acids is 1. The van der Waals surface area contributed by atoms with Crippen LogP contribution in [-0.2, 0) is 27.5 Å². The predicted molar refractivity (Wildman–Crippen MR) is 114 cm³/mol. The molecule has 6 nitrogen and oxygen atoms in total. The van der Waals surface area contributed by atoms with Gasteiger partial charge in [-0.15, -0.1) is 0 Å². The number of aromatic nitrogens is 1. The zero-order valence-electron chi connectivity index (χ0n) is 17.5. The van der Waals surface area contributed by atoms with E-state index >= 15 is 0 Å². The quantitative estimate of drug-likeness (QED) is 0.612. The molecule has 0 fully saturated rings. The molecule has 0 radical (unpaired) electrons. The van der Waals surface area contributed by atoms with Crippen molar-refractivity contribution in [1.82, 2.24) is 10.3 Å². The summed E-state index contributed by atoms with van der Waals surface area (Å²) in [5.41, 5.74) is 1.63. The van der Waals surface area contributed by atoms with Crippen LogP contribution in [0.15, 0.2) is 36.4 Å². The van der Waals surface area contributed by atoms with Gasteiger partial charge in [0, 0.05) is 12.6 Å². The molecule has 0 atom stereocenters. The van der Waals surface area contributed by atoms with Gasteiger partial charge in [-0.1, -0.05) is 32.0 Å². The van der Waals surface area contributed by atoms with Crippen molar-refractivity contribution in [3.05, 3.63) is 64.5 Å². The van der Waals surface area contributed by atoms with Crippen LogP contribution in [0, 0.1) is 6.92 Å². The van der Waals surface area contributed by atoms with Crippen molar-refractivity contribution < 1.29 is 26.4 Å². The Hall–Kier alpha value is -2.88. The number of nitrogens with one attached hydrogen (secondary N) is 2. The molecular weight excluding hydrogens is 431 g/mol. The molecule has 1 amide bonds. The van der Waals surface area contributed by atoms with Gasteiger partial charge in [-0.05, 0) is 47.7 Å². The first-order chi connectivity index (χ1) is 14.3. The number of rotatable bonds is 7. The zero-order chi connectivity index (χ0) is 23.4. The molecule has 2 aromatic rings. The summed E-state index contributed by atoms with van der Waals surface area (Å²) in [5.74, 6) is -0.683. The topological polar surface area (TPSA) is 88.2 Å². The van der Waals surface area contributed by atoms with E-state index in [0.717, 1.165) is 17.9 Å². The van der Waals surface area contributed by atoms with Crippen LogP contribution >= 0.6 is 0 Å². The number of pyridine rings is 1. The van der Waals surface area contributed by atoms with Crippen LogP contribution in [0.1, 0.15) is 47.8 Å². The Morgan fingerprint density at radius 3 is 2.42 bits per heavy atom. The Labute approximate surface area is 179 Å². The van der Waals surface area contributed by atoms with Gasteiger partial charge in [-0.3, -0.25) is 9.52 Å². The number of amides is 1. The highest BCUT2D eigenvalue weighted by Crippen LogP contribution is 2.30. The molecule has 2 rings (SSSR count). The highest BCUT2D eigenvalue weighted by Gasteiger charge is 2.33. The van der Waals surface area contributed by atoms with Gasteiger partial charge in [-0.2, -0.15) is 13.2 Å². The third kappa shape index (κ3) is 7.39. The molecule has 0 saturated heterocycles. The molecule has 0 aliphatic rings. The van der Waals surface area contributed by atoms with Gasteiger partial charge in [-0.25, -0.2) is 13.4 Å². The number of alkyl halides is 3. The van der Waals surface area contributed by atoms with Crippen LogP contribution in [0.5, 0.6) is 0 Å². The van der Waals surface area contributed by atoms with E-state index in [1.807, 2.05) is 0 Å². The summed E-state index contributed by atoms with van der Waals surface area (Å²) in [4.78, 5) is 15.8. The molecule has 10 heteroatoms. The van der Waals surface area contributed by atoms with E-state index in [1.165, 1.54) is 18.2 Å². The fourth-order valence-electron chi connectivity index (χ4n) is 2.81. The average molecular weight is 456 g/mol. The lowest BCUT2D eigenvalue weighted by Crippen LogP contribution is -2.20. The fraction of sp³-hybridized carbons (Fsp3) is 0.333. The largest absolute Gasteiger partial charge is 0.433 e. The van der Waals surface area contributed by atoms with Gasteiger partial charge in [0.2, 0.25) is 15.9 Å². The number of hydrogen-bond donors (Lipinski definition) is 2. The number of hydrogen-bond acceptors (Lipinski definition) is 4. The lowest BCUT2D eigenvalue weighted by Gasteiger charge is -2.13. The first kappa shape index (κ1) is 24.4. The van der Waals surface area contributed by atoms with E-state index in [4.69, 9.17) is 0 Å². The second kappa shape index (κ2) is 9.51. The monoisotopic (exact) mass is 455 g/mol. The Kier molecular flexibility index (Phi) is 7.48. The van der Waals surface area contributed by atoms with E-state index < -0.39 is 27.8 Å². The number of anilines is 1. The SMILES string of the molecule is Cc1cc(CNC(=O)/C=C\c2ccc(C(F)(F)F)nc2C(C)C)ccc1NS(C)(=O)=O. The second-order valence-corrected chi connectivity index (χ2v) is 9.15. The van der Waals surface area contributed by atoms with Gasteiger partial charge >= 0.3 is 6.18 Å². The van der Waals surface area contributed by atoms with E-state index in [1.54, 1.807) is 39.0 Å². The van der Waals surface area contributed by atoms with Crippen LogP contribution in [0.4, 0.5) is 18.9 Å². The molecular formula is C21H24F3N3O3S. The Morgan fingerprint density at radius 2 is 1.87 bits per heavy atom. The summed E-state index contributed by atoms with van der Waals surface area (Å²) in [7, 11) is -3.39. The predicted octanol–water partition coefficient (Wildman–Crippen LogP) is 4.23. The highest BCUT2D eigenvalue weighted by atomic mass is 32.2. The highest BCUT2D eigenvalue weighted by molar-refractivity contribution is 7.92. The van der Waals surface area contributed by atoms with Crippen molar-refractivity contribution in [2.75, 3.05) is 11.0 Å². The number of sulfonamides is 1. The van der Waals surface area contributed by atoms with Gasteiger partial charge < -0.3 is 5.32 Å². The van der Waals surface area contributed by atoms with Gasteiger partial charge in [0.25, 0.3) is 0 Å². The third-order valence-corrected chi connectivity index (χ3v) is 4.85. The van der Waals surface area contributed by atoms with Gasteiger partial charge in [0.1, 0.15) is 5.69 Å². The molecule has 0 saturated carbocycles. The molecule has 168 valence electrons. The van der Waals surface area contributed by atoms with E-state index in [0.29, 0.717) is 16.8 Å². The minimum absolute atomic E-state index is 0.200. The molecule has 2 N–H and O–H groups in total.